The first kappa shape index (κ1) is 17.7. The summed E-state index contributed by atoms with van der Waals surface area (Å²) in [5, 5.41) is 12.0. The zero-order valence-corrected chi connectivity index (χ0v) is 15.7. The smallest absolute Gasteiger partial charge is 0.230 e. The van der Waals surface area contributed by atoms with E-state index in [0.29, 0.717) is 29.7 Å². The summed E-state index contributed by atoms with van der Waals surface area (Å²) >= 11 is 1.37. The molecule has 0 unspecified atom stereocenters. The van der Waals surface area contributed by atoms with Crippen LogP contribution in [0.2, 0.25) is 0 Å². The van der Waals surface area contributed by atoms with Crippen LogP contribution >= 0.6 is 11.8 Å². The fraction of sp³-hybridized carbons (Fsp3) is 0.800. The van der Waals surface area contributed by atoms with Gasteiger partial charge < -0.3 is 9.88 Å². The lowest BCUT2D eigenvalue weighted by molar-refractivity contribution is -0.119. The van der Waals surface area contributed by atoms with Crippen molar-refractivity contribution in [3.8, 4) is 0 Å². The topological polar surface area (TPSA) is 94.0 Å². The highest BCUT2D eigenvalue weighted by molar-refractivity contribution is 7.99. The molecule has 0 spiro atoms. The van der Waals surface area contributed by atoms with Crippen LogP contribution in [0.4, 0.5) is 0 Å². The van der Waals surface area contributed by atoms with Gasteiger partial charge in [0.25, 0.3) is 0 Å². The standard InChI is InChI=1S/C15H24N4O3S2/c1-10(12-3-4-12)16-14(20)8-23-15-18-17-13(19(15)2)7-11-5-6-24(21,22)9-11/h10-12H,3-9H2,1-2H3,(H,16,20)/t10-,11+/m1/s1. The van der Waals surface area contributed by atoms with Gasteiger partial charge in [0.1, 0.15) is 5.82 Å². The molecule has 1 aromatic rings. The lowest BCUT2D eigenvalue weighted by Gasteiger charge is -2.12. The molecule has 0 bridgehead atoms. The molecule has 1 amide bonds. The van der Waals surface area contributed by atoms with Crippen LogP contribution in [-0.2, 0) is 28.1 Å². The largest absolute Gasteiger partial charge is 0.353 e. The summed E-state index contributed by atoms with van der Waals surface area (Å²) in [4.78, 5) is 12.0. The van der Waals surface area contributed by atoms with Gasteiger partial charge in [-0.2, -0.15) is 0 Å². The zero-order valence-electron chi connectivity index (χ0n) is 14.1. The summed E-state index contributed by atoms with van der Waals surface area (Å²) in [5.74, 6) is 2.40. The van der Waals surface area contributed by atoms with Crippen molar-refractivity contribution in [1.29, 1.82) is 0 Å². The summed E-state index contributed by atoms with van der Waals surface area (Å²) in [5.41, 5.74) is 0. The number of carbonyl (C=O) groups is 1. The Balaban J connectivity index is 1.50. The van der Waals surface area contributed by atoms with Crippen molar-refractivity contribution in [2.24, 2.45) is 18.9 Å². The van der Waals surface area contributed by atoms with E-state index < -0.39 is 9.84 Å². The highest BCUT2D eigenvalue weighted by atomic mass is 32.2. The maximum atomic E-state index is 12.0. The van der Waals surface area contributed by atoms with Gasteiger partial charge in [0.15, 0.2) is 15.0 Å². The van der Waals surface area contributed by atoms with E-state index in [2.05, 4.69) is 22.4 Å². The molecular weight excluding hydrogens is 348 g/mol. The Hall–Kier alpha value is -1.09. The van der Waals surface area contributed by atoms with Gasteiger partial charge in [-0.1, -0.05) is 11.8 Å². The van der Waals surface area contributed by atoms with Crippen LogP contribution in [0, 0.1) is 11.8 Å². The van der Waals surface area contributed by atoms with E-state index in [4.69, 9.17) is 0 Å². The van der Waals surface area contributed by atoms with E-state index in [1.807, 2.05) is 11.6 Å². The number of hydrogen-bond donors (Lipinski definition) is 1. The highest BCUT2D eigenvalue weighted by Crippen LogP contribution is 2.32. The van der Waals surface area contributed by atoms with E-state index in [1.54, 1.807) is 0 Å². The molecule has 2 heterocycles. The quantitative estimate of drug-likeness (QED) is 0.712. The number of amides is 1. The van der Waals surface area contributed by atoms with Gasteiger partial charge >= 0.3 is 0 Å². The Morgan fingerprint density at radius 2 is 2.12 bits per heavy atom. The average molecular weight is 373 g/mol. The molecule has 7 nitrogen and oxygen atoms in total. The number of thioether (sulfide) groups is 1. The van der Waals surface area contributed by atoms with Gasteiger partial charge in [0.2, 0.25) is 5.91 Å². The van der Waals surface area contributed by atoms with E-state index in [0.717, 1.165) is 5.82 Å². The second-order valence-electron chi connectivity index (χ2n) is 6.91. The van der Waals surface area contributed by atoms with Crippen molar-refractivity contribution < 1.29 is 13.2 Å². The second kappa shape index (κ2) is 7.03. The van der Waals surface area contributed by atoms with Crippen molar-refractivity contribution in [3.05, 3.63) is 5.82 Å². The molecule has 2 fully saturated rings. The molecule has 1 aromatic heterocycles. The monoisotopic (exact) mass is 372 g/mol. The van der Waals surface area contributed by atoms with E-state index in [9.17, 15) is 13.2 Å². The third-order valence-electron chi connectivity index (χ3n) is 4.77. The Labute approximate surface area is 146 Å². The maximum absolute atomic E-state index is 12.0. The van der Waals surface area contributed by atoms with Crippen LogP contribution in [0.5, 0.6) is 0 Å². The average Bonchev–Trinajstić information content (AvgIpc) is 3.23. The van der Waals surface area contributed by atoms with Gasteiger partial charge in [-0.3, -0.25) is 4.79 Å². The number of nitrogens with zero attached hydrogens (tertiary/aromatic N) is 3. The van der Waals surface area contributed by atoms with Crippen LogP contribution < -0.4 is 5.32 Å². The fourth-order valence-corrected chi connectivity index (χ4v) is 5.68. The molecule has 134 valence electrons. The second-order valence-corrected chi connectivity index (χ2v) is 10.1. The summed E-state index contributed by atoms with van der Waals surface area (Å²) in [6.07, 6.45) is 3.73. The number of carbonyl (C=O) groups excluding carboxylic acids is 1. The molecule has 1 saturated carbocycles. The molecular formula is C15H24N4O3S2. The number of aromatic nitrogens is 3. The first-order valence-corrected chi connectivity index (χ1v) is 11.2. The number of sulfone groups is 1. The van der Waals surface area contributed by atoms with E-state index >= 15 is 0 Å². The molecule has 1 aliphatic carbocycles. The van der Waals surface area contributed by atoms with Crippen LogP contribution in [0.3, 0.4) is 0 Å². The molecule has 0 radical (unpaired) electrons. The predicted octanol–water partition coefficient (Wildman–Crippen LogP) is 0.799. The van der Waals surface area contributed by atoms with Crippen molar-refractivity contribution in [1.82, 2.24) is 20.1 Å². The summed E-state index contributed by atoms with van der Waals surface area (Å²) in [7, 11) is -1.01. The summed E-state index contributed by atoms with van der Waals surface area (Å²) < 4.78 is 25.0. The van der Waals surface area contributed by atoms with Gasteiger partial charge in [-0.05, 0) is 38.0 Å². The minimum absolute atomic E-state index is 0.0193. The van der Waals surface area contributed by atoms with Crippen molar-refractivity contribution in [3.63, 3.8) is 0 Å². The molecule has 2 atom stereocenters. The first-order valence-electron chi connectivity index (χ1n) is 8.35. The Morgan fingerprint density at radius 3 is 2.75 bits per heavy atom. The number of hydrogen-bond acceptors (Lipinski definition) is 6. The Bertz CT molecular complexity index is 712. The SMILES string of the molecule is C[C@@H](NC(=O)CSc1nnc(C[C@@H]2CCS(=O)(=O)C2)n1C)C1CC1. The van der Waals surface area contributed by atoms with Gasteiger partial charge in [0.05, 0.1) is 17.3 Å². The van der Waals surface area contributed by atoms with Gasteiger partial charge in [-0.25, -0.2) is 8.42 Å². The molecule has 9 heteroatoms. The zero-order chi connectivity index (χ0) is 17.3. The van der Waals surface area contributed by atoms with Crippen molar-refractivity contribution in [2.45, 2.75) is 43.8 Å². The molecule has 1 N–H and O–H groups in total. The van der Waals surface area contributed by atoms with Crippen LogP contribution in [0.1, 0.15) is 32.0 Å². The lowest BCUT2D eigenvalue weighted by atomic mass is 10.1. The Kier molecular flexibility index (Phi) is 5.19. The van der Waals surface area contributed by atoms with Crippen LogP contribution in [0.15, 0.2) is 5.16 Å². The van der Waals surface area contributed by atoms with Crippen LogP contribution in [-0.4, -0.2) is 52.4 Å². The molecule has 2 aliphatic rings. The third-order valence-corrected chi connectivity index (χ3v) is 7.63. The molecule has 1 aliphatic heterocycles. The fourth-order valence-electron chi connectivity index (χ4n) is 3.08. The van der Waals surface area contributed by atoms with Crippen molar-refractivity contribution in [2.75, 3.05) is 17.3 Å². The van der Waals surface area contributed by atoms with E-state index in [1.165, 1.54) is 24.6 Å². The highest BCUT2D eigenvalue weighted by Gasteiger charge is 2.30. The summed E-state index contributed by atoms with van der Waals surface area (Å²) in [6, 6.07) is 0.248. The third kappa shape index (κ3) is 4.50. The lowest BCUT2D eigenvalue weighted by Crippen LogP contribution is -2.35. The molecule has 0 aromatic carbocycles. The first-order chi connectivity index (χ1) is 11.3. The molecule has 1 saturated heterocycles. The normalized spacial score (nSPS) is 24.0. The molecule has 3 rings (SSSR count). The van der Waals surface area contributed by atoms with E-state index in [-0.39, 0.29) is 29.4 Å². The molecule has 24 heavy (non-hydrogen) atoms. The predicted molar refractivity (Wildman–Crippen MR) is 92.5 cm³/mol. The Morgan fingerprint density at radius 1 is 1.38 bits per heavy atom. The van der Waals surface area contributed by atoms with Gasteiger partial charge in [0, 0.05) is 19.5 Å². The number of rotatable bonds is 7. The minimum atomic E-state index is -2.87. The van der Waals surface area contributed by atoms with Crippen LogP contribution in [0.25, 0.3) is 0 Å². The summed E-state index contributed by atoms with van der Waals surface area (Å²) in [6.45, 7) is 2.05. The maximum Gasteiger partial charge on any atom is 0.230 e. The van der Waals surface area contributed by atoms with Crippen molar-refractivity contribution >= 4 is 27.5 Å². The number of nitrogens with one attached hydrogen (secondary N) is 1. The minimum Gasteiger partial charge on any atom is -0.353 e. The van der Waals surface area contributed by atoms with Gasteiger partial charge in [-0.15, -0.1) is 10.2 Å².